The second-order valence-corrected chi connectivity index (χ2v) is 5.40. The molecule has 0 unspecified atom stereocenters. The number of hydrogen-bond donors (Lipinski definition) is 1. The van der Waals surface area contributed by atoms with Crippen molar-refractivity contribution in [3.63, 3.8) is 0 Å². The summed E-state index contributed by atoms with van der Waals surface area (Å²) >= 11 is 0. The average Bonchev–Trinajstić information content (AvgIpc) is 3.04. The Morgan fingerprint density at radius 1 is 1.33 bits per heavy atom. The van der Waals surface area contributed by atoms with Crippen LogP contribution in [-0.2, 0) is 11.2 Å². The molecule has 3 rings (SSSR count). The van der Waals surface area contributed by atoms with Crippen LogP contribution < -0.4 is 0 Å². The number of rotatable bonds is 3. The summed E-state index contributed by atoms with van der Waals surface area (Å²) in [5, 5.41) is 0. The lowest BCUT2D eigenvalue weighted by Gasteiger charge is -2.31. The van der Waals surface area contributed by atoms with Crippen molar-refractivity contribution in [3.8, 4) is 0 Å². The number of halogens is 1. The molecule has 1 aliphatic rings. The number of imidazole rings is 1. The van der Waals surface area contributed by atoms with Gasteiger partial charge in [-0.25, -0.2) is 9.37 Å². The van der Waals surface area contributed by atoms with Gasteiger partial charge in [-0.2, -0.15) is 0 Å². The monoisotopic (exact) mass is 287 g/mol. The highest BCUT2D eigenvalue weighted by Crippen LogP contribution is 2.25. The summed E-state index contributed by atoms with van der Waals surface area (Å²) in [4.78, 5) is 21.5. The quantitative estimate of drug-likeness (QED) is 0.943. The minimum Gasteiger partial charge on any atom is -0.348 e. The Bertz CT molecular complexity index is 604. The van der Waals surface area contributed by atoms with Crippen LogP contribution in [0.15, 0.2) is 36.7 Å². The topological polar surface area (TPSA) is 49.0 Å². The lowest BCUT2D eigenvalue weighted by Crippen LogP contribution is -2.39. The molecule has 0 spiro atoms. The molecule has 4 nitrogen and oxygen atoms in total. The Kier molecular flexibility index (Phi) is 3.99. The number of aromatic nitrogens is 2. The zero-order valence-electron chi connectivity index (χ0n) is 11.8. The van der Waals surface area contributed by atoms with Gasteiger partial charge in [-0.05, 0) is 24.5 Å². The molecular formula is C16H18FN3O. The average molecular weight is 287 g/mol. The van der Waals surface area contributed by atoms with Crippen LogP contribution in [0, 0.1) is 5.82 Å². The maximum atomic E-state index is 13.6. The minimum absolute atomic E-state index is 0.00186. The largest absolute Gasteiger partial charge is 0.348 e. The molecule has 1 saturated heterocycles. The summed E-state index contributed by atoms with van der Waals surface area (Å²) in [5.41, 5.74) is 0.468. The number of likely N-dealkylation sites (tertiary alicyclic amines) is 1. The zero-order chi connectivity index (χ0) is 14.7. The first kappa shape index (κ1) is 13.8. The Labute approximate surface area is 123 Å². The van der Waals surface area contributed by atoms with E-state index in [1.54, 1.807) is 24.4 Å². The minimum atomic E-state index is -0.309. The van der Waals surface area contributed by atoms with Gasteiger partial charge in [-0.1, -0.05) is 18.2 Å². The number of carbonyl (C=O) groups excluding carboxylic acids is 1. The van der Waals surface area contributed by atoms with E-state index >= 15 is 0 Å². The molecule has 1 amide bonds. The van der Waals surface area contributed by atoms with E-state index in [1.807, 2.05) is 11.1 Å². The lowest BCUT2D eigenvalue weighted by molar-refractivity contribution is -0.131. The number of amides is 1. The number of H-pyrrole nitrogens is 1. The second kappa shape index (κ2) is 6.08. The van der Waals surface area contributed by atoms with E-state index in [2.05, 4.69) is 9.97 Å². The highest BCUT2D eigenvalue weighted by molar-refractivity contribution is 5.78. The number of carbonyl (C=O) groups is 1. The third-order valence-corrected chi connectivity index (χ3v) is 4.05. The predicted molar refractivity (Wildman–Crippen MR) is 77.2 cm³/mol. The second-order valence-electron chi connectivity index (χ2n) is 5.40. The van der Waals surface area contributed by atoms with Gasteiger partial charge in [0.2, 0.25) is 5.91 Å². The Balaban J connectivity index is 1.57. The van der Waals surface area contributed by atoms with E-state index < -0.39 is 0 Å². The van der Waals surface area contributed by atoms with Gasteiger partial charge in [-0.15, -0.1) is 0 Å². The molecule has 0 saturated carbocycles. The van der Waals surface area contributed by atoms with Crippen LogP contribution in [-0.4, -0.2) is 33.9 Å². The van der Waals surface area contributed by atoms with E-state index in [9.17, 15) is 9.18 Å². The van der Waals surface area contributed by atoms with Crippen LogP contribution in [0.5, 0.6) is 0 Å². The Morgan fingerprint density at radius 2 is 2.10 bits per heavy atom. The third-order valence-electron chi connectivity index (χ3n) is 4.05. The maximum absolute atomic E-state index is 13.6. The van der Waals surface area contributed by atoms with Crippen molar-refractivity contribution >= 4 is 5.91 Å². The van der Waals surface area contributed by atoms with Crippen LogP contribution >= 0.6 is 0 Å². The van der Waals surface area contributed by atoms with Crippen LogP contribution in [0.3, 0.4) is 0 Å². The summed E-state index contributed by atoms with van der Waals surface area (Å²) in [6, 6.07) is 6.46. The van der Waals surface area contributed by atoms with E-state index in [0.29, 0.717) is 24.6 Å². The fraction of sp³-hybridized carbons (Fsp3) is 0.375. The van der Waals surface area contributed by atoms with Crippen molar-refractivity contribution in [2.75, 3.05) is 13.1 Å². The molecule has 2 heterocycles. The van der Waals surface area contributed by atoms with Gasteiger partial charge in [-0.3, -0.25) is 4.79 Å². The van der Waals surface area contributed by atoms with Crippen LogP contribution in [0.4, 0.5) is 4.39 Å². The van der Waals surface area contributed by atoms with Gasteiger partial charge in [0.1, 0.15) is 11.6 Å². The highest BCUT2D eigenvalue weighted by Gasteiger charge is 2.25. The maximum Gasteiger partial charge on any atom is 0.227 e. The molecular weight excluding hydrogens is 269 g/mol. The standard InChI is InChI=1S/C16H18FN3O/c17-14-4-2-1-3-13(14)11-15(21)20-9-5-12(6-10-20)16-18-7-8-19-16/h1-4,7-8,12H,5-6,9-11H2,(H,18,19). The molecule has 0 atom stereocenters. The van der Waals surface area contributed by atoms with E-state index in [0.717, 1.165) is 18.7 Å². The summed E-state index contributed by atoms with van der Waals surface area (Å²) in [6.07, 6.45) is 5.52. The van der Waals surface area contributed by atoms with Gasteiger partial charge in [0.25, 0.3) is 0 Å². The molecule has 1 aromatic heterocycles. The SMILES string of the molecule is O=C(Cc1ccccc1F)N1CCC(c2ncc[nH]2)CC1. The first-order chi connectivity index (χ1) is 10.2. The lowest BCUT2D eigenvalue weighted by atomic mass is 9.95. The Morgan fingerprint density at radius 3 is 2.76 bits per heavy atom. The Hall–Kier alpha value is -2.17. The van der Waals surface area contributed by atoms with Crippen LogP contribution in [0.25, 0.3) is 0 Å². The van der Waals surface area contributed by atoms with E-state index in [4.69, 9.17) is 0 Å². The molecule has 1 N–H and O–H groups in total. The fourth-order valence-corrected chi connectivity index (χ4v) is 2.82. The van der Waals surface area contributed by atoms with Crippen molar-refractivity contribution in [1.29, 1.82) is 0 Å². The normalized spacial score (nSPS) is 16.1. The fourth-order valence-electron chi connectivity index (χ4n) is 2.82. The van der Waals surface area contributed by atoms with Crippen molar-refractivity contribution in [1.82, 2.24) is 14.9 Å². The summed E-state index contributed by atoms with van der Waals surface area (Å²) in [7, 11) is 0. The number of nitrogens with zero attached hydrogens (tertiary/aromatic N) is 2. The molecule has 0 bridgehead atoms. The number of aromatic amines is 1. The third kappa shape index (κ3) is 3.12. The van der Waals surface area contributed by atoms with Crippen LogP contribution in [0.2, 0.25) is 0 Å². The highest BCUT2D eigenvalue weighted by atomic mass is 19.1. The first-order valence-electron chi connectivity index (χ1n) is 7.24. The summed E-state index contributed by atoms with van der Waals surface area (Å²) < 4.78 is 13.6. The molecule has 0 radical (unpaired) electrons. The van der Waals surface area contributed by atoms with Crippen molar-refractivity contribution in [2.24, 2.45) is 0 Å². The van der Waals surface area contributed by atoms with Gasteiger partial charge >= 0.3 is 0 Å². The van der Waals surface area contributed by atoms with Crippen molar-refractivity contribution < 1.29 is 9.18 Å². The van der Waals surface area contributed by atoms with Crippen LogP contribution in [0.1, 0.15) is 30.1 Å². The predicted octanol–water partition coefficient (Wildman–Crippen LogP) is 2.50. The number of nitrogens with one attached hydrogen (secondary N) is 1. The number of benzene rings is 1. The van der Waals surface area contributed by atoms with E-state index in [-0.39, 0.29) is 18.1 Å². The molecule has 5 heteroatoms. The zero-order valence-corrected chi connectivity index (χ0v) is 11.8. The summed E-state index contributed by atoms with van der Waals surface area (Å²) in [5.74, 6) is 1.07. The first-order valence-corrected chi connectivity index (χ1v) is 7.24. The molecule has 21 heavy (non-hydrogen) atoms. The molecule has 1 fully saturated rings. The summed E-state index contributed by atoms with van der Waals surface area (Å²) in [6.45, 7) is 1.41. The van der Waals surface area contributed by atoms with E-state index in [1.165, 1.54) is 6.07 Å². The smallest absolute Gasteiger partial charge is 0.227 e. The molecule has 0 aliphatic carbocycles. The molecule has 110 valence electrons. The van der Waals surface area contributed by atoms with Crippen molar-refractivity contribution in [2.45, 2.75) is 25.2 Å². The number of piperidine rings is 1. The molecule has 1 aromatic carbocycles. The van der Waals surface area contributed by atoms with Gasteiger partial charge in [0.15, 0.2) is 0 Å². The number of hydrogen-bond acceptors (Lipinski definition) is 2. The molecule has 1 aliphatic heterocycles. The van der Waals surface area contributed by atoms with Crippen molar-refractivity contribution in [3.05, 3.63) is 53.9 Å². The van der Waals surface area contributed by atoms with Gasteiger partial charge in [0, 0.05) is 31.4 Å². The van der Waals surface area contributed by atoms with Gasteiger partial charge < -0.3 is 9.88 Å². The molecule has 2 aromatic rings. The van der Waals surface area contributed by atoms with Gasteiger partial charge in [0.05, 0.1) is 6.42 Å².